The van der Waals surface area contributed by atoms with Gasteiger partial charge in [0.2, 0.25) is 0 Å². The number of aromatic nitrogens is 1. The molecule has 0 saturated carbocycles. The Labute approximate surface area is 183 Å². The van der Waals surface area contributed by atoms with Crippen LogP contribution in [0.4, 0.5) is 10.1 Å². The normalized spacial score (nSPS) is 17.8. The first-order chi connectivity index (χ1) is 15.6. The van der Waals surface area contributed by atoms with Crippen LogP contribution < -0.4 is 4.90 Å². The molecule has 1 saturated heterocycles. The number of carbonyl (C=O) groups excluding carboxylic acids is 2. The zero-order chi connectivity index (χ0) is 22.2. The zero-order valence-electron chi connectivity index (χ0n) is 16.8. The van der Waals surface area contributed by atoms with Gasteiger partial charge in [-0.15, -0.1) is 0 Å². The summed E-state index contributed by atoms with van der Waals surface area (Å²) < 4.78 is 13.4. The van der Waals surface area contributed by atoms with Crippen molar-refractivity contribution in [1.29, 1.82) is 0 Å². The standard InChI is InChI=1S/C26H17FN2O3/c27-19-10-8-18(9-11-19)24(30)22-23(17-12-14-28-15-13-17)29(26(32)25(22)31)21-7-3-5-16-4-1-2-6-20(16)21/h1-15,23,30H/b24-22+. The highest BCUT2D eigenvalue weighted by Gasteiger charge is 2.47. The summed E-state index contributed by atoms with van der Waals surface area (Å²) in [5, 5.41) is 12.8. The number of Topliss-reactive ketones (excluding diaryl/α,β-unsaturated/α-hetero) is 1. The van der Waals surface area contributed by atoms with E-state index in [1.54, 1.807) is 30.6 Å². The van der Waals surface area contributed by atoms with E-state index in [-0.39, 0.29) is 16.9 Å². The van der Waals surface area contributed by atoms with Gasteiger partial charge in [0.25, 0.3) is 11.7 Å². The molecular formula is C26H17FN2O3. The zero-order valence-corrected chi connectivity index (χ0v) is 16.8. The third-order valence-electron chi connectivity index (χ3n) is 5.61. The summed E-state index contributed by atoms with van der Waals surface area (Å²) in [6.07, 6.45) is 3.13. The smallest absolute Gasteiger partial charge is 0.300 e. The highest BCUT2D eigenvalue weighted by atomic mass is 19.1. The average molecular weight is 424 g/mol. The van der Waals surface area contributed by atoms with Crippen LogP contribution in [0.25, 0.3) is 16.5 Å². The van der Waals surface area contributed by atoms with Crippen LogP contribution in [-0.2, 0) is 9.59 Å². The molecule has 156 valence electrons. The summed E-state index contributed by atoms with van der Waals surface area (Å²) in [7, 11) is 0. The maximum Gasteiger partial charge on any atom is 0.300 e. The second kappa shape index (κ2) is 7.74. The Bertz CT molecular complexity index is 1380. The van der Waals surface area contributed by atoms with Gasteiger partial charge in [0.05, 0.1) is 17.3 Å². The lowest BCUT2D eigenvalue weighted by Gasteiger charge is -2.26. The van der Waals surface area contributed by atoms with Crippen molar-refractivity contribution in [1.82, 2.24) is 4.98 Å². The first-order valence-corrected chi connectivity index (χ1v) is 10.0. The third-order valence-corrected chi connectivity index (χ3v) is 5.61. The molecule has 1 fully saturated rings. The maximum absolute atomic E-state index is 13.4. The molecule has 1 N–H and O–H groups in total. The average Bonchev–Trinajstić information content (AvgIpc) is 3.09. The molecule has 1 atom stereocenters. The molecule has 3 aromatic carbocycles. The van der Waals surface area contributed by atoms with Crippen molar-refractivity contribution in [3.05, 3.63) is 114 Å². The third kappa shape index (κ3) is 3.13. The minimum Gasteiger partial charge on any atom is -0.507 e. The van der Waals surface area contributed by atoms with E-state index in [0.717, 1.165) is 10.8 Å². The van der Waals surface area contributed by atoms with E-state index in [1.165, 1.54) is 29.2 Å². The van der Waals surface area contributed by atoms with Crippen molar-refractivity contribution < 1.29 is 19.1 Å². The molecule has 32 heavy (non-hydrogen) atoms. The quantitative estimate of drug-likeness (QED) is 0.285. The summed E-state index contributed by atoms with van der Waals surface area (Å²) in [5.74, 6) is -2.37. The number of ketones is 1. The Hall–Kier alpha value is -4.32. The fourth-order valence-corrected chi connectivity index (χ4v) is 4.12. The van der Waals surface area contributed by atoms with Gasteiger partial charge in [0.15, 0.2) is 0 Å². The number of aliphatic hydroxyl groups excluding tert-OH is 1. The van der Waals surface area contributed by atoms with E-state index in [0.29, 0.717) is 11.3 Å². The van der Waals surface area contributed by atoms with Crippen molar-refractivity contribution >= 4 is 33.9 Å². The molecule has 1 aromatic heterocycles. The van der Waals surface area contributed by atoms with Gasteiger partial charge in [-0.2, -0.15) is 0 Å². The van der Waals surface area contributed by atoms with E-state index >= 15 is 0 Å². The monoisotopic (exact) mass is 424 g/mol. The highest BCUT2D eigenvalue weighted by molar-refractivity contribution is 6.52. The number of hydrogen-bond acceptors (Lipinski definition) is 4. The second-order valence-electron chi connectivity index (χ2n) is 7.45. The van der Waals surface area contributed by atoms with E-state index in [2.05, 4.69) is 4.98 Å². The predicted octanol–water partition coefficient (Wildman–Crippen LogP) is 5.00. The SMILES string of the molecule is O=C1C(=O)N(c2cccc3ccccc23)C(c2ccncc2)/C1=C(\O)c1ccc(F)cc1. The Morgan fingerprint density at radius 1 is 0.875 bits per heavy atom. The van der Waals surface area contributed by atoms with Gasteiger partial charge in [-0.05, 0) is 53.4 Å². The fourth-order valence-electron chi connectivity index (χ4n) is 4.12. The molecule has 2 heterocycles. The van der Waals surface area contributed by atoms with Crippen LogP contribution in [0.1, 0.15) is 17.2 Å². The van der Waals surface area contributed by atoms with Gasteiger partial charge in [-0.1, -0.05) is 36.4 Å². The highest BCUT2D eigenvalue weighted by Crippen LogP contribution is 2.43. The number of nitrogens with zero attached hydrogens (tertiary/aromatic N) is 2. The van der Waals surface area contributed by atoms with Crippen molar-refractivity contribution in [2.45, 2.75) is 6.04 Å². The molecule has 1 unspecified atom stereocenters. The van der Waals surface area contributed by atoms with Gasteiger partial charge in [0.1, 0.15) is 11.6 Å². The van der Waals surface area contributed by atoms with E-state index < -0.39 is 23.5 Å². The minimum atomic E-state index is -0.867. The largest absolute Gasteiger partial charge is 0.507 e. The van der Waals surface area contributed by atoms with Crippen molar-refractivity contribution in [2.75, 3.05) is 4.90 Å². The van der Waals surface area contributed by atoms with Gasteiger partial charge >= 0.3 is 0 Å². The lowest BCUT2D eigenvalue weighted by Crippen LogP contribution is -2.29. The number of halogens is 1. The summed E-state index contributed by atoms with van der Waals surface area (Å²) >= 11 is 0. The Kier molecular flexibility index (Phi) is 4.75. The van der Waals surface area contributed by atoms with E-state index in [9.17, 15) is 19.1 Å². The van der Waals surface area contributed by atoms with Crippen molar-refractivity contribution in [2.24, 2.45) is 0 Å². The van der Waals surface area contributed by atoms with Crippen LogP contribution in [0.5, 0.6) is 0 Å². The first-order valence-electron chi connectivity index (χ1n) is 10.0. The number of aliphatic hydroxyl groups is 1. The second-order valence-corrected chi connectivity index (χ2v) is 7.45. The summed E-state index contributed by atoms with van der Waals surface area (Å²) in [6.45, 7) is 0. The molecule has 4 aromatic rings. The van der Waals surface area contributed by atoms with E-state index in [4.69, 9.17) is 0 Å². The minimum absolute atomic E-state index is 0.0549. The molecule has 0 spiro atoms. The van der Waals surface area contributed by atoms with Crippen LogP contribution >= 0.6 is 0 Å². The van der Waals surface area contributed by atoms with Crippen LogP contribution in [0, 0.1) is 5.82 Å². The number of pyridine rings is 1. The van der Waals surface area contributed by atoms with Crippen LogP contribution in [-0.4, -0.2) is 21.8 Å². The topological polar surface area (TPSA) is 70.5 Å². The molecule has 1 aliphatic rings. The van der Waals surface area contributed by atoms with Crippen LogP contribution in [0.3, 0.4) is 0 Å². The summed E-state index contributed by atoms with van der Waals surface area (Å²) in [4.78, 5) is 31.9. The van der Waals surface area contributed by atoms with E-state index in [1.807, 2.05) is 36.4 Å². The van der Waals surface area contributed by atoms with Gasteiger partial charge in [0, 0.05) is 23.3 Å². The number of anilines is 1. The lowest BCUT2D eigenvalue weighted by molar-refractivity contribution is -0.132. The van der Waals surface area contributed by atoms with Gasteiger partial charge in [-0.25, -0.2) is 4.39 Å². The molecule has 1 amide bonds. The molecule has 6 heteroatoms. The van der Waals surface area contributed by atoms with Gasteiger partial charge in [-0.3, -0.25) is 19.5 Å². The molecule has 0 radical (unpaired) electrons. The Balaban J connectivity index is 1.77. The lowest BCUT2D eigenvalue weighted by atomic mass is 9.95. The molecule has 0 bridgehead atoms. The maximum atomic E-state index is 13.4. The molecule has 5 rings (SSSR count). The molecule has 1 aliphatic heterocycles. The summed E-state index contributed by atoms with van der Waals surface area (Å²) in [5.41, 5.74) is 1.38. The van der Waals surface area contributed by atoms with Gasteiger partial charge < -0.3 is 5.11 Å². The Morgan fingerprint density at radius 2 is 1.56 bits per heavy atom. The fraction of sp³-hybridized carbons (Fsp3) is 0.0385. The number of amides is 1. The number of rotatable bonds is 3. The summed E-state index contributed by atoms with van der Waals surface area (Å²) in [6, 6.07) is 20.8. The van der Waals surface area contributed by atoms with Crippen molar-refractivity contribution in [3.8, 4) is 0 Å². The number of hydrogen-bond donors (Lipinski definition) is 1. The first kappa shape index (κ1) is 19.6. The number of carbonyl (C=O) groups is 2. The van der Waals surface area contributed by atoms with Crippen LogP contribution in [0.2, 0.25) is 0 Å². The Morgan fingerprint density at radius 3 is 2.31 bits per heavy atom. The molecule has 0 aliphatic carbocycles. The molecule has 5 nitrogen and oxygen atoms in total. The van der Waals surface area contributed by atoms with Crippen LogP contribution in [0.15, 0.2) is 96.8 Å². The number of benzene rings is 3. The number of fused-ring (bicyclic) bond motifs is 1. The van der Waals surface area contributed by atoms with Crippen molar-refractivity contribution in [3.63, 3.8) is 0 Å². The predicted molar refractivity (Wildman–Crippen MR) is 119 cm³/mol. The molecular weight excluding hydrogens is 407 g/mol.